The predicted molar refractivity (Wildman–Crippen MR) is 65.2 cm³/mol. The fourth-order valence-electron chi connectivity index (χ4n) is 1.56. The molecule has 2 nitrogen and oxygen atoms in total. The van der Waals surface area contributed by atoms with Gasteiger partial charge in [-0.25, -0.2) is 0 Å². The van der Waals surface area contributed by atoms with E-state index in [0.29, 0.717) is 6.61 Å². The molecule has 0 radical (unpaired) electrons. The van der Waals surface area contributed by atoms with Crippen LogP contribution in [0.4, 0.5) is 0 Å². The Morgan fingerprint density at radius 2 is 2.00 bits per heavy atom. The molecule has 16 heavy (non-hydrogen) atoms. The minimum absolute atomic E-state index is 0.244. The molecule has 1 atom stereocenters. The van der Waals surface area contributed by atoms with E-state index in [2.05, 4.69) is 6.92 Å². The Hall–Kier alpha value is -1.15. The van der Waals surface area contributed by atoms with Crippen LogP contribution in [-0.2, 0) is 16.1 Å². The van der Waals surface area contributed by atoms with E-state index in [9.17, 15) is 4.79 Å². The molecule has 0 saturated carbocycles. The van der Waals surface area contributed by atoms with Crippen LogP contribution in [0.2, 0.25) is 0 Å². The minimum atomic E-state index is -0.244. The smallest absolute Gasteiger partial charge is 0.148 e. The van der Waals surface area contributed by atoms with Gasteiger partial charge in [0.15, 0.2) is 0 Å². The zero-order valence-corrected chi connectivity index (χ0v) is 9.89. The molecule has 0 aliphatic rings. The van der Waals surface area contributed by atoms with Crippen LogP contribution in [0.1, 0.15) is 38.2 Å². The number of hydrogen-bond acceptors (Lipinski definition) is 2. The molecule has 0 saturated heterocycles. The number of carbonyl (C=O) groups is 1. The van der Waals surface area contributed by atoms with Gasteiger partial charge in [-0.2, -0.15) is 0 Å². The Morgan fingerprint density at radius 3 is 2.62 bits per heavy atom. The Bertz CT molecular complexity index is 282. The Kier molecular flexibility index (Phi) is 6.50. The molecule has 0 heterocycles. The lowest BCUT2D eigenvalue weighted by atomic mass is 10.1. The summed E-state index contributed by atoms with van der Waals surface area (Å²) in [7, 11) is 0. The van der Waals surface area contributed by atoms with Crippen LogP contribution in [0.25, 0.3) is 0 Å². The molecule has 88 valence electrons. The van der Waals surface area contributed by atoms with E-state index in [4.69, 9.17) is 4.74 Å². The lowest BCUT2D eigenvalue weighted by Gasteiger charge is -2.11. The quantitative estimate of drug-likeness (QED) is 0.496. The van der Waals surface area contributed by atoms with Crippen molar-refractivity contribution in [2.75, 3.05) is 0 Å². The SMILES string of the molecule is CCCCCC(C=O)OCc1ccccc1. The second kappa shape index (κ2) is 8.05. The highest BCUT2D eigenvalue weighted by molar-refractivity contribution is 5.55. The topological polar surface area (TPSA) is 26.3 Å². The highest BCUT2D eigenvalue weighted by atomic mass is 16.5. The summed E-state index contributed by atoms with van der Waals surface area (Å²) in [5.41, 5.74) is 1.12. The first kappa shape index (κ1) is 12.9. The molecular formula is C14H20O2. The lowest BCUT2D eigenvalue weighted by molar-refractivity contribution is -0.119. The van der Waals surface area contributed by atoms with Crippen molar-refractivity contribution in [3.05, 3.63) is 35.9 Å². The molecule has 0 fully saturated rings. The van der Waals surface area contributed by atoms with Gasteiger partial charge in [-0.3, -0.25) is 0 Å². The molecule has 0 aromatic heterocycles. The Morgan fingerprint density at radius 1 is 1.25 bits per heavy atom. The molecule has 0 aliphatic heterocycles. The van der Waals surface area contributed by atoms with Crippen LogP contribution < -0.4 is 0 Å². The summed E-state index contributed by atoms with van der Waals surface area (Å²) < 4.78 is 5.56. The van der Waals surface area contributed by atoms with Gasteiger partial charge in [-0.05, 0) is 12.0 Å². The largest absolute Gasteiger partial charge is 0.366 e. The first-order valence-electron chi connectivity index (χ1n) is 5.97. The third-order valence-electron chi connectivity index (χ3n) is 2.55. The number of benzene rings is 1. The number of ether oxygens (including phenoxy) is 1. The molecule has 1 rings (SSSR count). The molecule has 1 aromatic carbocycles. The van der Waals surface area contributed by atoms with E-state index in [1.807, 2.05) is 30.3 Å². The van der Waals surface area contributed by atoms with Crippen molar-refractivity contribution >= 4 is 6.29 Å². The third kappa shape index (κ3) is 5.08. The van der Waals surface area contributed by atoms with E-state index < -0.39 is 0 Å². The molecule has 0 spiro atoms. The van der Waals surface area contributed by atoms with Gasteiger partial charge in [0, 0.05) is 0 Å². The van der Waals surface area contributed by atoms with Gasteiger partial charge in [0.2, 0.25) is 0 Å². The zero-order chi connectivity index (χ0) is 11.6. The van der Waals surface area contributed by atoms with Crippen molar-refractivity contribution in [2.45, 2.75) is 45.3 Å². The summed E-state index contributed by atoms with van der Waals surface area (Å²) in [6.07, 6.45) is 4.91. The Labute approximate surface area is 97.6 Å². The average molecular weight is 220 g/mol. The molecule has 0 bridgehead atoms. The van der Waals surface area contributed by atoms with Crippen LogP contribution in [0.15, 0.2) is 30.3 Å². The van der Waals surface area contributed by atoms with Crippen molar-refractivity contribution < 1.29 is 9.53 Å². The van der Waals surface area contributed by atoms with E-state index in [1.165, 1.54) is 12.8 Å². The molecular weight excluding hydrogens is 200 g/mol. The first-order chi connectivity index (χ1) is 7.86. The average Bonchev–Trinajstić information content (AvgIpc) is 2.35. The van der Waals surface area contributed by atoms with Gasteiger partial charge in [-0.15, -0.1) is 0 Å². The Balaban J connectivity index is 2.26. The summed E-state index contributed by atoms with van der Waals surface area (Å²) in [4.78, 5) is 10.8. The summed E-state index contributed by atoms with van der Waals surface area (Å²) in [5, 5.41) is 0. The monoisotopic (exact) mass is 220 g/mol. The highest BCUT2D eigenvalue weighted by Gasteiger charge is 2.06. The number of unbranched alkanes of at least 4 members (excludes halogenated alkanes) is 2. The van der Waals surface area contributed by atoms with E-state index in [1.54, 1.807) is 0 Å². The maximum atomic E-state index is 10.8. The van der Waals surface area contributed by atoms with Gasteiger partial charge < -0.3 is 9.53 Å². The van der Waals surface area contributed by atoms with Crippen LogP contribution in [0, 0.1) is 0 Å². The molecule has 0 aliphatic carbocycles. The molecule has 1 aromatic rings. The summed E-state index contributed by atoms with van der Waals surface area (Å²) in [6, 6.07) is 9.95. The molecule has 1 unspecified atom stereocenters. The highest BCUT2D eigenvalue weighted by Crippen LogP contribution is 2.08. The summed E-state index contributed by atoms with van der Waals surface area (Å²) in [6.45, 7) is 2.68. The summed E-state index contributed by atoms with van der Waals surface area (Å²) in [5.74, 6) is 0. The second-order valence-electron chi connectivity index (χ2n) is 3.97. The van der Waals surface area contributed by atoms with Gasteiger partial charge in [0.25, 0.3) is 0 Å². The third-order valence-corrected chi connectivity index (χ3v) is 2.55. The maximum absolute atomic E-state index is 10.8. The molecule has 2 heteroatoms. The number of aldehydes is 1. The van der Waals surface area contributed by atoms with E-state index in [-0.39, 0.29) is 6.10 Å². The van der Waals surface area contributed by atoms with Crippen molar-refractivity contribution in [3.63, 3.8) is 0 Å². The minimum Gasteiger partial charge on any atom is -0.366 e. The van der Waals surface area contributed by atoms with Gasteiger partial charge >= 0.3 is 0 Å². The molecule has 0 amide bonds. The van der Waals surface area contributed by atoms with Crippen LogP contribution in [0.3, 0.4) is 0 Å². The van der Waals surface area contributed by atoms with Crippen LogP contribution in [0.5, 0.6) is 0 Å². The van der Waals surface area contributed by atoms with E-state index in [0.717, 1.165) is 24.7 Å². The summed E-state index contributed by atoms with van der Waals surface area (Å²) >= 11 is 0. The second-order valence-corrected chi connectivity index (χ2v) is 3.97. The van der Waals surface area contributed by atoms with Crippen molar-refractivity contribution in [2.24, 2.45) is 0 Å². The number of hydrogen-bond donors (Lipinski definition) is 0. The van der Waals surface area contributed by atoms with Gasteiger partial charge in [0.05, 0.1) is 6.61 Å². The van der Waals surface area contributed by atoms with Crippen LogP contribution >= 0.6 is 0 Å². The van der Waals surface area contributed by atoms with Gasteiger partial charge in [0.1, 0.15) is 12.4 Å². The van der Waals surface area contributed by atoms with Crippen molar-refractivity contribution in [1.82, 2.24) is 0 Å². The van der Waals surface area contributed by atoms with Crippen LogP contribution in [-0.4, -0.2) is 12.4 Å². The standard InChI is InChI=1S/C14H20O2/c1-2-3-5-10-14(11-15)16-12-13-8-6-4-7-9-13/h4,6-9,11,14H,2-3,5,10,12H2,1H3. The fraction of sp³-hybridized carbons (Fsp3) is 0.500. The van der Waals surface area contributed by atoms with Gasteiger partial charge in [-0.1, -0.05) is 56.5 Å². The lowest BCUT2D eigenvalue weighted by Crippen LogP contribution is -2.14. The first-order valence-corrected chi connectivity index (χ1v) is 5.97. The number of rotatable bonds is 8. The molecule has 0 N–H and O–H groups in total. The maximum Gasteiger partial charge on any atom is 0.148 e. The van der Waals surface area contributed by atoms with E-state index >= 15 is 0 Å². The van der Waals surface area contributed by atoms with Crippen molar-refractivity contribution in [1.29, 1.82) is 0 Å². The van der Waals surface area contributed by atoms with Crippen molar-refractivity contribution in [3.8, 4) is 0 Å². The predicted octanol–water partition coefficient (Wildman–Crippen LogP) is 3.35. The zero-order valence-electron chi connectivity index (χ0n) is 9.89. The fourth-order valence-corrected chi connectivity index (χ4v) is 1.56. The normalized spacial score (nSPS) is 12.3. The number of carbonyl (C=O) groups excluding carboxylic acids is 1.